The van der Waals surface area contributed by atoms with Crippen LogP contribution in [-0.4, -0.2) is 33.9 Å². The van der Waals surface area contributed by atoms with Crippen LogP contribution >= 0.6 is 0 Å². The molecular formula is C23H34N4O3. The summed E-state index contributed by atoms with van der Waals surface area (Å²) in [6.45, 7) is 11.7. The summed E-state index contributed by atoms with van der Waals surface area (Å²) in [5.41, 5.74) is 10.1. The zero-order valence-corrected chi connectivity index (χ0v) is 18.7. The third kappa shape index (κ3) is 5.69. The van der Waals surface area contributed by atoms with Crippen LogP contribution in [-0.2, 0) is 20.9 Å². The highest BCUT2D eigenvalue weighted by Gasteiger charge is 2.29. The molecule has 7 heteroatoms. The zero-order valence-electron chi connectivity index (χ0n) is 18.7. The normalized spacial score (nSPS) is 14.4. The smallest absolute Gasteiger partial charge is 0.329 e. The lowest BCUT2D eigenvalue weighted by Gasteiger charge is -2.24. The molecule has 0 aliphatic heterocycles. The number of nitrogens with two attached hydrogens (primary N) is 1. The van der Waals surface area contributed by atoms with Crippen LogP contribution in [0.5, 0.6) is 0 Å². The van der Waals surface area contributed by atoms with Crippen LogP contribution in [0.1, 0.15) is 62.9 Å². The summed E-state index contributed by atoms with van der Waals surface area (Å²) in [5.74, 6) is -0.791. The van der Waals surface area contributed by atoms with Crippen molar-refractivity contribution < 1.29 is 14.3 Å². The summed E-state index contributed by atoms with van der Waals surface area (Å²) in [5, 5.41) is 2.75. The molecular weight excluding hydrogens is 380 g/mol. The van der Waals surface area contributed by atoms with Gasteiger partial charge in [-0.15, -0.1) is 0 Å². The number of aromatic nitrogens is 2. The number of hydrogen-bond donors (Lipinski definition) is 3. The van der Waals surface area contributed by atoms with Gasteiger partial charge in [0.2, 0.25) is 5.91 Å². The maximum Gasteiger partial charge on any atom is 0.329 e. The molecule has 0 saturated heterocycles. The van der Waals surface area contributed by atoms with E-state index in [1.165, 1.54) is 0 Å². The average molecular weight is 415 g/mol. The second kappa shape index (κ2) is 10.4. The Hall–Kier alpha value is -2.67. The highest BCUT2D eigenvalue weighted by Crippen LogP contribution is 2.27. The first kappa shape index (κ1) is 23.6. The molecule has 4 N–H and O–H groups in total. The van der Waals surface area contributed by atoms with Crippen molar-refractivity contribution in [1.29, 1.82) is 0 Å². The molecule has 2 rings (SSSR count). The maximum atomic E-state index is 12.7. The molecule has 0 spiro atoms. The van der Waals surface area contributed by atoms with E-state index in [0.29, 0.717) is 0 Å². The standard InChI is InChI=1S/C23H34N4O3/c1-13(2)20(24)22(28)27-21(14(3)4)23(29)30-11-17-8-7-9-18(15(17)5)16(6)19-10-25-12-26-19/h7-10,12-14,16,20-21H,11,24H2,1-6H3,(H,25,26)(H,27,28)/t16?,20?,21-/m0/s1. The topological polar surface area (TPSA) is 110 Å². The van der Waals surface area contributed by atoms with Gasteiger partial charge in [0, 0.05) is 17.8 Å². The largest absolute Gasteiger partial charge is 0.459 e. The van der Waals surface area contributed by atoms with Gasteiger partial charge in [0.15, 0.2) is 0 Å². The molecule has 0 fully saturated rings. The van der Waals surface area contributed by atoms with E-state index in [-0.39, 0.29) is 30.3 Å². The number of rotatable bonds is 9. The zero-order chi connectivity index (χ0) is 22.4. The third-order valence-electron chi connectivity index (χ3n) is 5.55. The number of nitrogens with one attached hydrogen (secondary N) is 2. The van der Waals surface area contributed by atoms with Gasteiger partial charge >= 0.3 is 5.97 Å². The van der Waals surface area contributed by atoms with Crippen molar-refractivity contribution in [2.24, 2.45) is 17.6 Å². The van der Waals surface area contributed by atoms with Crippen LogP contribution in [0.4, 0.5) is 0 Å². The fraction of sp³-hybridized carbons (Fsp3) is 0.522. The fourth-order valence-electron chi connectivity index (χ4n) is 3.29. The minimum Gasteiger partial charge on any atom is -0.459 e. The number of nitrogens with zero attached hydrogens (tertiary/aromatic N) is 1. The molecule has 164 valence electrons. The van der Waals surface area contributed by atoms with Crippen LogP contribution in [0.3, 0.4) is 0 Å². The molecule has 0 saturated carbocycles. The van der Waals surface area contributed by atoms with Crippen molar-refractivity contribution in [2.75, 3.05) is 0 Å². The first-order chi connectivity index (χ1) is 14.1. The van der Waals surface area contributed by atoms with E-state index in [9.17, 15) is 9.59 Å². The van der Waals surface area contributed by atoms with E-state index < -0.39 is 18.1 Å². The molecule has 7 nitrogen and oxygen atoms in total. The van der Waals surface area contributed by atoms with Crippen molar-refractivity contribution in [3.63, 3.8) is 0 Å². The molecule has 1 aromatic carbocycles. The van der Waals surface area contributed by atoms with Crippen molar-refractivity contribution in [2.45, 2.75) is 66.2 Å². The number of esters is 1. The van der Waals surface area contributed by atoms with E-state index in [4.69, 9.17) is 10.5 Å². The second-order valence-electron chi connectivity index (χ2n) is 8.47. The van der Waals surface area contributed by atoms with Crippen LogP contribution in [0, 0.1) is 18.8 Å². The number of H-pyrrole nitrogens is 1. The molecule has 3 atom stereocenters. The molecule has 0 aliphatic rings. The van der Waals surface area contributed by atoms with Gasteiger partial charge in [-0.1, -0.05) is 52.8 Å². The quantitative estimate of drug-likeness (QED) is 0.546. The van der Waals surface area contributed by atoms with Crippen molar-refractivity contribution >= 4 is 11.9 Å². The fourth-order valence-corrected chi connectivity index (χ4v) is 3.29. The number of carbonyl (C=O) groups is 2. The Bertz CT molecular complexity index is 846. The molecule has 1 aromatic heterocycles. The van der Waals surface area contributed by atoms with Gasteiger partial charge in [-0.3, -0.25) is 4.79 Å². The summed E-state index contributed by atoms with van der Waals surface area (Å²) < 4.78 is 5.58. The molecule has 2 unspecified atom stereocenters. The molecule has 1 heterocycles. The Labute approximate surface area is 178 Å². The highest BCUT2D eigenvalue weighted by atomic mass is 16.5. The van der Waals surface area contributed by atoms with Gasteiger partial charge in [-0.2, -0.15) is 0 Å². The van der Waals surface area contributed by atoms with Crippen LogP contribution in [0.2, 0.25) is 0 Å². The van der Waals surface area contributed by atoms with E-state index in [1.54, 1.807) is 6.33 Å². The van der Waals surface area contributed by atoms with Crippen LogP contribution in [0.15, 0.2) is 30.7 Å². The minimum atomic E-state index is -0.741. The van der Waals surface area contributed by atoms with E-state index in [1.807, 2.05) is 52.9 Å². The Balaban J connectivity index is 2.08. The summed E-state index contributed by atoms with van der Waals surface area (Å²) in [4.78, 5) is 32.3. The third-order valence-corrected chi connectivity index (χ3v) is 5.55. The SMILES string of the molecule is Cc1c(COC(=O)[C@@H](NC(=O)C(N)C(C)C)C(C)C)cccc1C(C)c1cnc[nH]1. The molecule has 0 aliphatic carbocycles. The second-order valence-corrected chi connectivity index (χ2v) is 8.47. The van der Waals surface area contributed by atoms with Gasteiger partial charge in [0.1, 0.15) is 12.6 Å². The van der Waals surface area contributed by atoms with Gasteiger partial charge in [-0.25, -0.2) is 9.78 Å². The van der Waals surface area contributed by atoms with Crippen LogP contribution in [0.25, 0.3) is 0 Å². The number of imidazole rings is 1. The number of benzene rings is 1. The Morgan fingerprint density at radius 3 is 2.43 bits per heavy atom. The van der Waals surface area contributed by atoms with Gasteiger partial charge in [0.05, 0.1) is 12.4 Å². The lowest BCUT2D eigenvalue weighted by Crippen LogP contribution is -2.52. The molecule has 2 aromatic rings. The summed E-state index contributed by atoms with van der Waals surface area (Å²) in [6.07, 6.45) is 3.48. The average Bonchev–Trinajstić information content (AvgIpc) is 3.24. The Morgan fingerprint density at radius 2 is 1.87 bits per heavy atom. The minimum absolute atomic E-state index is 0.0175. The summed E-state index contributed by atoms with van der Waals surface area (Å²) >= 11 is 0. The van der Waals surface area contributed by atoms with Crippen LogP contribution < -0.4 is 11.1 Å². The number of hydrogen-bond acceptors (Lipinski definition) is 5. The van der Waals surface area contributed by atoms with E-state index >= 15 is 0 Å². The van der Waals surface area contributed by atoms with Gasteiger partial charge in [-0.05, 0) is 35.4 Å². The monoisotopic (exact) mass is 414 g/mol. The molecule has 0 bridgehead atoms. The lowest BCUT2D eigenvalue weighted by atomic mass is 9.91. The Kier molecular flexibility index (Phi) is 8.17. The van der Waals surface area contributed by atoms with E-state index in [0.717, 1.165) is 22.4 Å². The summed E-state index contributed by atoms with van der Waals surface area (Å²) in [7, 11) is 0. The summed E-state index contributed by atoms with van der Waals surface area (Å²) in [6, 6.07) is 4.57. The van der Waals surface area contributed by atoms with Gasteiger partial charge in [0.25, 0.3) is 0 Å². The predicted molar refractivity (Wildman–Crippen MR) is 117 cm³/mol. The first-order valence-electron chi connectivity index (χ1n) is 10.4. The highest BCUT2D eigenvalue weighted by molar-refractivity contribution is 5.87. The Morgan fingerprint density at radius 1 is 1.17 bits per heavy atom. The maximum absolute atomic E-state index is 12.7. The number of aromatic amines is 1. The van der Waals surface area contributed by atoms with Crippen molar-refractivity contribution in [1.82, 2.24) is 15.3 Å². The molecule has 1 amide bonds. The predicted octanol–water partition coefficient (Wildman–Crippen LogP) is 3.04. The first-order valence-corrected chi connectivity index (χ1v) is 10.4. The van der Waals surface area contributed by atoms with E-state index in [2.05, 4.69) is 28.3 Å². The number of ether oxygens (including phenoxy) is 1. The number of amides is 1. The number of carbonyl (C=O) groups excluding carboxylic acids is 2. The van der Waals surface area contributed by atoms with Crippen molar-refractivity contribution in [3.05, 3.63) is 53.1 Å². The molecule has 0 radical (unpaired) electrons. The molecule has 30 heavy (non-hydrogen) atoms. The lowest BCUT2D eigenvalue weighted by molar-refractivity contribution is -0.150. The van der Waals surface area contributed by atoms with Crippen molar-refractivity contribution in [3.8, 4) is 0 Å². The van der Waals surface area contributed by atoms with Gasteiger partial charge < -0.3 is 20.8 Å².